The number of carbonyl (C=O) groups excluding carboxylic acids is 2. The van der Waals surface area contributed by atoms with E-state index in [-0.39, 0.29) is 12.4 Å². The quantitative estimate of drug-likeness (QED) is 0.794. The van der Waals surface area contributed by atoms with Crippen LogP contribution in [0.3, 0.4) is 0 Å². The largest absolute Gasteiger partial charge is 0.376 e. The highest BCUT2D eigenvalue weighted by Crippen LogP contribution is 2.15. The summed E-state index contributed by atoms with van der Waals surface area (Å²) in [5.41, 5.74) is 2.26. The molecule has 0 heterocycles. The number of benzene rings is 2. The second kappa shape index (κ2) is 7.93. The van der Waals surface area contributed by atoms with E-state index < -0.39 is 11.9 Å². The standard InChI is InChI=1S/C17H18FN3O2/c1-12-7-8-14(18)9-15(12)19-11-16(22)21-17(23)20-10-13-5-3-2-4-6-13/h2-9,19H,10-11H2,1H3,(H2,20,21,22,23). The molecule has 0 fully saturated rings. The molecule has 0 aliphatic heterocycles. The fraction of sp³-hybridized carbons (Fsp3) is 0.176. The predicted molar refractivity (Wildman–Crippen MR) is 86.4 cm³/mol. The molecule has 23 heavy (non-hydrogen) atoms. The summed E-state index contributed by atoms with van der Waals surface area (Å²) in [6.45, 7) is 2.01. The average Bonchev–Trinajstić information content (AvgIpc) is 2.55. The van der Waals surface area contributed by atoms with Crippen LogP contribution < -0.4 is 16.0 Å². The van der Waals surface area contributed by atoms with Crippen LogP contribution in [-0.2, 0) is 11.3 Å². The number of aryl methyl sites for hydroxylation is 1. The lowest BCUT2D eigenvalue weighted by Crippen LogP contribution is -2.41. The average molecular weight is 315 g/mol. The van der Waals surface area contributed by atoms with Crippen molar-refractivity contribution >= 4 is 17.6 Å². The number of urea groups is 1. The third-order valence-corrected chi connectivity index (χ3v) is 3.19. The molecule has 0 atom stereocenters. The zero-order valence-corrected chi connectivity index (χ0v) is 12.7. The molecule has 0 spiro atoms. The van der Waals surface area contributed by atoms with E-state index in [0.717, 1.165) is 11.1 Å². The van der Waals surface area contributed by atoms with Crippen LogP contribution in [0.1, 0.15) is 11.1 Å². The van der Waals surface area contributed by atoms with E-state index in [1.54, 1.807) is 13.0 Å². The molecule has 0 aliphatic rings. The number of imide groups is 1. The predicted octanol–water partition coefficient (Wildman–Crippen LogP) is 2.57. The first-order valence-corrected chi connectivity index (χ1v) is 7.16. The van der Waals surface area contributed by atoms with Gasteiger partial charge in [-0.25, -0.2) is 9.18 Å². The minimum Gasteiger partial charge on any atom is -0.376 e. The molecule has 0 bridgehead atoms. The number of carbonyl (C=O) groups is 2. The molecule has 2 aromatic rings. The van der Waals surface area contributed by atoms with E-state index in [1.807, 2.05) is 30.3 Å². The summed E-state index contributed by atoms with van der Waals surface area (Å²) in [5.74, 6) is -0.890. The van der Waals surface area contributed by atoms with Gasteiger partial charge in [0.15, 0.2) is 0 Å². The van der Waals surface area contributed by atoms with Crippen LogP contribution in [0.5, 0.6) is 0 Å². The molecule has 2 rings (SSSR count). The number of hydrogen-bond donors (Lipinski definition) is 3. The van der Waals surface area contributed by atoms with Gasteiger partial charge in [-0.2, -0.15) is 0 Å². The zero-order chi connectivity index (χ0) is 16.7. The van der Waals surface area contributed by atoms with Crippen molar-refractivity contribution in [1.82, 2.24) is 10.6 Å². The third-order valence-electron chi connectivity index (χ3n) is 3.19. The number of nitrogens with one attached hydrogen (secondary N) is 3. The summed E-state index contributed by atoms with van der Waals surface area (Å²) in [4.78, 5) is 23.3. The van der Waals surface area contributed by atoms with Crippen LogP contribution in [-0.4, -0.2) is 18.5 Å². The third kappa shape index (κ3) is 5.43. The Morgan fingerprint density at radius 1 is 1.09 bits per heavy atom. The molecule has 3 N–H and O–H groups in total. The minimum absolute atomic E-state index is 0.122. The van der Waals surface area contributed by atoms with Crippen molar-refractivity contribution in [3.8, 4) is 0 Å². The number of hydrogen-bond acceptors (Lipinski definition) is 3. The van der Waals surface area contributed by atoms with Gasteiger partial charge in [-0.1, -0.05) is 36.4 Å². The van der Waals surface area contributed by atoms with Gasteiger partial charge in [0.2, 0.25) is 5.91 Å². The second-order valence-corrected chi connectivity index (χ2v) is 5.03. The lowest BCUT2D eigenvalue weighted by atomic mass is 10.2. The SMILES string of the molecule is Cc1ccc(F)cc1NCC(=O)NC(=O)NCc1ccccc1. The Kier molecular flexibility index (Phi) is 5.68. The Balaban J connectivity index is 1.76. The van der Waals surface area contributed by atoms with Gasteiger partial charge in [0.1, 0.15) is 5.82 Å². The monoisotopic (exact) mass is 315 g/mol. The Morgan fingerprint density at radius 3 is 2.57 bits per heavy atom. The summed E-state index contributed by atoms with van der Waals surface area (Å²) in [7, 11) is 0. The summed E-state index contributed by atoms with van der Waals surface area (Å²) in [5, 5.41) is 7.60. The molecular weight excluding hydrogens is 297 g/mol. The highest BCUT2D eigenvalue weighted by Gasteiger charge is 2.08. The first kappa shape index (κ1) is 16.5. The lowest BCUT2D eigenvalue weighted by molar-refractivity contribution is -0.118. The van der Waals surface area contributed by atoms with E-state index in [0.29, 0.717) is 12.2 Å². The van der Waals surface area contributed by atoms with Crippen LogP contribution in [0.15, 0.2) is 48.5 Å². The van der Waals surface area contributed by atoms with E-state index in [2.05, 4.69) is 16.0 Å². The van der Waals surface area contributed by atoms with Gasteiger partial charge in [0, 0.05) is 12.2 Å². The first-order chi connectivity index (χ1) is 11.0. The maximum absolute atomic E-state index is 13.1. The number of amides is 3. The van der Waals surface area contributed by atoms with Crippen LogP contribution >= 0.6 is 0 Å². The van der Waals surface area contributed by atoms with Crippen molar-refractivity contribution in [3.05, 3.63) is 65.5 Å². The van der Waals surface area contributed by atoms with Crippen LogP contribution in [0.2, 0.25) is 0 Å². The van der Waals surface area contributed by atoms with Crippen LogP contribution in [0, 0.1) is 12.7 Å². The molecule has 0 unspecified atom stereocenters. The molecule has 0 saturated carbocycles. The highest BCUT2D eigenvalue weighted by atomic mass is 19.1. The summed E-state index contributed by atoms with van der Waals surface area (Å²) < 4.78 is 13.1. The number of rotatable bonds is 5. The normalized spacial score (nSPS) is 10.0. The molecule has 5 nitrogen and oxygen atoms in total. The summed E-state index contributed by atoms with van der Waals surface area (Å²) in [6, 6.07) is 13.0. The molecule has 0 saturated heterocycles. The summed E-state index contributed by atoms with van der Waals surface area (Å²) >= 11 is 0. The van der Waals surface area contributed by atoms with E-state index in [1.165, 1.54) is 12.1 Å². The molecule has 3 amide bonds. The van der Waals surface area contributed by atoms with Gasteiger partial charge >= 0.3 is 6.03 Å². The van der Waals surface area contributed by atoms with Crippen LogP contribution in [0.4, 0.5) is 14.9 Å². The fourth-order valence-electron chi connectivity index (χ4n) is 1.95. The Labute approximate surface area is 133 Å². The van der Waals surface area contributed by atoms with Crippen LogP contribution in [0.25, 0.3) is 0 Å². The molecule has 0 aliphatic carbocycles. The Bertz CT molecular complexity index is 689. The maximum Gasteiger partial charge on any atom is 0.321 e. The van der Waals surface area contributed by atoms with Crippen molar-refractivity contribution in [2.45, 2.75) is 13.5 Å². The lowest BCUT2D eigenvalue weighted by Gasteiger charge is -2.10. The van der Waals surface area contributed by atoms with Crippen molar-refractivity contribution in [3.63, 3.8) is 0 Å². The zero-order valence-electron chi connectivity index (χ0n) is 12.7. The highest BCUT2D eigenvalue weighted by molar-refractivity contribution is 5.96. The van der Waals surface area contributed by atoms with Gasteiger partial charge < -0.3 is 10.6 Å². The molecule has 0 radical (unpaired) electrons. The van der Waals surface area contributed by atoms with Gasteiger partial charge in [-0.15, -0.1) is 0 Å². The number of anilines is 1. The molecule has 6 heteroatoms. The van der Waals surface area contributed by atoms with Gasteiger partial charge in [-0.05, 0) is 30.2 Å². The minimum atomic E-state index is -0.573. The molecular formula is C17H18FN3O2. The fourth-order valence-corrected chi connectivity index (χ4v) is 1.95. The van der Waals surface area contributed by atoms with Gasteiger partial charge in [-0.3, -0.25) is 10.1 Å². The van der Waals surface area contributed by atoms with Crippen molar-refractivity contribution in [2.24, 2.45) is 0 Å². The van der Waals surface area contributed by atoms with Crippen molar-refractivity contribution < 1.29 is 14.0 Å². The van der Waals surface area contributed by atoms with E-state index in [9.17, 15) is 14.0 Å². The first-order valence-electron chi connectivity index (χ1n) is 7.16. The maximum atomic E-state index is 13.1. The van der Waals surface area contributed by atoms with Crippen molar-refractivity contribution in [2.75, 3.05) is 11.9 Å². The van der Waals surface area contributed by atoms with Gasteiger partial charge in [0.25, 0.3) is 0 Å². The molecule has 0 aromatic heterocycles. The Morgan fingerprint density at radius 2 is 1.83 bits per heavy atom. The summed E-state index contributed by atoms with van der Waals surface area (Å²) in [6.07, 6.45) is 0. The second-order valence-electron chi connectivity index (χ2n) is 5.03. The number of halogens is 1. The smallest absolute Gasteiger partial charge is 0.321 e. The van der Waals surface area contributed by atoms with E-state index >= 15 is 0 Å². The molecule has 2 aromatic carbocycles. The molecule has 120 valence electrons. The van der Waals surface area contributed by atoms with Crippen molar-refractivity contribution in [1.29, 1.82) is 0 Å². The van der Waals surface area contributed by atoms with E-state index in [4.69, 9.17) is 0 Å². The van der Waals surface area contributed by atoms with Gasteiger partial charge in [0.05, 0.1) is 6.54 Å². The topological polar surface area (TPSA) is 70.2 Å². The Hall–Kier alpha value is -2.89.